The number of hydrogen-bond acceptors (Lipinski definition) is 5. The van der Waals surface area contributed by atoms with Crippen LogP contribution in [0.4, 0.5) is 0 Å². The molecule has 0 saturated carbocycles. The van der Waals surface area contributed by atoms with Crippen LogP contribution >= 0.6 is 7.60 Å². The molecule has 0 radical (unpaired) electrons. The van der Waals surface area contributed by atoms with E-state index in [1.165, 1.54) is 51.8 Å². The standard InChI is InChI=1S/C18H36O5PSi.3C4H9.Sn/c1-11-16(23-25(9,10)18(6,7)8)14(4)17(19)15(5)24(20,21-12-2)22-13-3;3*1-3-4-2;/h1,11,14-16H,12-13H2,2-10H3;3*1,3-4H2,2H3;/t14-,15?,16+;;;;/m0..../s1. The van der Waals surface area contributed by atoms with Crippen LogP contribution < -0.4 is 0 Å². The molecule has 1 unspecified atom stereocenters. The summed E-state index contributed by atoms with van der Waals surface area (Å²) in [5.41, 5.74) is -0.829. The van der Waals surface area contributed by atoms with Crippen molar-refractivity contribution in [3.8, 4) is 0 Å². The van der Waals surface area contributed by atoms with Gasteiger partial charge in [-0.05, 0) is 0 Å². The molecule has 3 atom stereocenters. The number of hydrogen-bond donors (Lipinski definition) is 0. The van der Waals surface area contributed by atoms with Crippen molar-refractivity contribution in [1.29, 1.82) is 0 Å². The SMILES string of the molecule is CCC[CH2][Sn](/[CH]=C/[C@@H](O[Si](C)(C)C(C)(C)C)[C@H](C)C(=O)C(C)P(=O)(OCC)OCC)([CH2]CCC)[CH2]CCC. The van der Waals surface area contributed by atoms with E-state index in [1.54, 1.807) is 20.8 Å². The minimum absolute atomic E-state index is 0.0202. The van der Waals surface area contributed by atoms with Crippen LogP contribution in [-0.2, 0) is 22.8 Å². The Labute approximate surface area is 242 Å². The second-order valence-electron chi connectivity index (χ2n) is 12.6. The van der Waals surface area contributed by atoms with Gasteiger partial charge < -0.3 is 0 Å². The fraction of sp³-hybridized carbons (Fsp3) is 0.900. The minimum atomic E-state index is -3.54. The normalized spacial score (nSPS) is 16.1. The van der Waals surface area contributed by atoms with Gasteiger partial charge in [0.1, 0.15) is 0 Å². The monoisotopic (exact) mass is 682 g/mol. The van der Waals surface area contributed by atoms with Crippen LogP contribution in [0.3, 0.4) is 0 Å². The Morgan fingerprint density at radius 3 is 1.63 bits per heavy atom. The van der Waals surface area contributed by atoms with Crippen molar-refractivity contribution in [3.63, 3.8) is 0 Å². The van der Waals surface area contributed by atoms with Crippen LogP contribution in [0.5, 0.6) is 0 Å². The van der Waals surface area contributed by atoms with E-state index in [-0.39, 0.29) is 30.1 Å². The molecule has 0 spiro atoms. The van der Waals surface area contributed by atoms with E-state index in [1.807, 2.05) is 6.92 Å². The van der Waals surface area contributed by atoms with E-state index in [0.717, 1.165) is 0 Å². The molecule has 0 saturated heterocycles. The molecule has 0 fully saturated rings. The van der Waals surface area contributed by atoms with Gasteiger partial charge in [0, 0.05) is 0 Å². The number of carbonyl (C=O) groups excluding carboxylic acids is 1. The first-order valence-electron chi connectivity index (χ1n) is 15.4. The summed E-state index contributed by atoms with van der Waals surface area (Å²) in [4.78, 5) is 13.8. The molecule has 226 valence electrons. The van der Waals surface area contributed by atoms with Crippen molar-refractivity contribution >= 4 is 40.1 Å². The van der Waals surface area contributed by atoms with Gasteiger partial charge in [0.15, 0.2) is 0 Å². The van der Waals surface area contributed by atoms with Gasteiger partial charge in [-0.1, -0.05) is 0 Å². The molecular weight excluding hydrogens is 618 g/mol. The van der Waals surface area contributed by atoms with Crippen molar-refractivity contribution in [2.24, 2.45) is 5.92 Å². The first-order chi connectivity index (χ1) is 17.6. The Hall–Kier alpha value is 0.536. The topological polar surface area (TPSA) is 61.8 Å². The molecule has 0 N–H and O–H groups in total. The number of rotatable bonds is 21. The van der Waals surface area contributed by atoms with E-state index in [0.29, 0.717) is 0 Å². The third kappa shape index (κ3) is 12.2. The fourth-order valence-electron chi connectivity index (χ4n) is 4.65. The molecule has 8 heteroatoms. The van der Waals surface area contributed by atoms with Crippen molar-refractivity contribution < 1.29 is 22.8 Å². The summed E-state index contributed by atoms with van der Waals surface area (Å²) in [7, 11) is -5.72. The zero-order valence-electron chi connectivity index (χ0n) is 27.2. The van der Waals surface area contributed by atoms with Crippen LogP contribution in [0.2, 0.25) is 31.4 Å². The molecule has 0 aliphatic heterocycles. The van der Waals surface area contributed by atoms with Crippen molar-refractivity contribution in [3.05, 3.63) is 10.2 Å². The molecule has 0 rings (SSSR count). The Morgan fingerprint density at radius 1 is 0.868 bits per heavy atom. The summed E-state index contributed by atoms with van der Waals surface area (Å²) in [5, 5.41) is 0.0202. The van der Waals surface area contributed by atoms with Crippen LogP contribution in [-0.4, -0.2) is 57.5 Å². The Bertz CT molecular complexity index is 718. The van der Waals surface area contributed by atoms with Crippen molar-refractivity contribution in [2.45, 2.75) is 151 Å². The second kappa shape index (κ2) is 18.2. The average Bonchev–Trinajstić information content (AvgIpc) is 2.85. The van der Waals surface area contributed by atoms with E-state index in [9.17, 15) is 9.36 Å². The third-order valence-electron chi connectivity index (χ3n) is 8.41. The Kier molecular flexibility index (Phi) is 18.4. The summed E-state index contributed by atoms with van der Waals surface area (Å²) in [6.07, 6.45) is 9.51. The molecule has 0 aliphatic carbocycles. The maximum absolute atomic E-state index is 13.8. The summed E-state index contributed by atoms with van der Waals surface area (Å²) in [6, 6.07) is 0. The van der Waals surface area contributed by atoms with Gasteiger partial charge in [-0.25, -0.2) is 0 Å². The van der Waals surface area contributed by atoms with E-state index >= 15 is 0 Å². The molecule has 0 aliphatic rings. The molecule has 0 heterocycles. The summed E-state index contributed by atoms with van der Waals surface area (Å²) >= 11 is -2.59. The quantitative estimate of drug-likeness (QED) is 0.0892. The summed E-state index contributed by atoms with van der Waals surface area (Å²) < 4.78 is 38.3. The second-order valence-corrected chi connectivity index (χ2v) is 32.8. The molecule has 38 heavy (non-hydrogen) atoms. The third-order valence-corrected chi connectivity index (χ3v) is 29.4. The van der Waals surface area contributed by atoms with Crippen LogP contribution in [0.1, 0.15) is 108 Å². The number of unbranched alkanes of at least 4 members (excludes halogenated alkanes) is 3. The van der Waals surface area contributed by atoms with Crippen molar-refractivity contribution in [1.82, 2.24) is 0 Å². The average molecular weight is 682 g/mol. The van der Waals surface area contributed by atoms with Gasteiger partial charge in [-0.2, -0.15) is 0 Å². The first-order valence-corrected chi connectivity index (χ1v) is 27.6. The van der Waals surface area contributed by atoms with Crippen LogP contribution in [0.15, 0.2) is 10.2 Å². The zero-order valence-corrected chi connectivity index (χ0v) is 31.9. The zero-order chi connectivity index (χ0) is 29.6. The molecule has 0 aromatic rings. The number of ketones is 1. The molecule has 0 amide bonds. The van der Waals surface area contributed by atoms with Gasteiger partial charge in [0.25, 0.3) is 0 Å². The van der Waals surface area contributed by atoms with E-state index < -0.39 is 45.9 Å². The molecule has 0 bridgehead atoms. The van der Waals surface area contributed by atoms with Gasteiger partial charge >= 0.3 is 243 Å². The predicted octanol–water partition coefficient (Wildman–Crippen LogP) is 10.2. The van der Waals surface area contributed by atoms with Gasteiger partial charge in [0.05, 0.1) is 0 Å². The first kappa shape index (κ1) is 38.5. The van der Waals surface area contributed by atoms with E-state index in [2.05, 4.69) is 64.8 Å². The molecule has 0 aromatic heterocycles. The Balaban J connectivity index is 6.53. The predicted molar refractivity (Wildman–Crippen MR) is 171 cm³/mol. The molecule has 5 nitrogen and oxygen atoms in total. The summed E-state index contributed by atoms with van der Waals surface area (Å²) in [5.74, 6) is -0.530. The van der Waals surface area contributed by atoms with Crippen LogP contribution in [0.25, 0.3) is 0 Å². The molecular formula is C30H63O5PSiSn. The van der Waals surface area contributed by atoms with Crippen molar-refractivity contribution in [2.75, 3.05) is 13.2 Å². The van der Waals surface area contributed by atoms with Gasteiger partial charge in [-0.3, -0.25) is 0 Å². The van der Waals surface area contributed by atoms with Gasteiger partial charge in [-0.15, -0.1) is 0 Å². The molecule has 0 aromatic carbocycles. The summed E-state index contributed by atoms with van der Waals surface area (Å²) in [6.45, 7) is 25.8. The van der Waals surface area contributed by atoms with Gasteiger partial charge in [0.2, 0.25) is 0 Å². The number of carbonyl (C=O) groups is 1. The Morgan fingerprint density at radius 2 is 1.29 bits per heavy atom. The van der Waals surface area contributed by atoms with Crippen LogP contribution in [0, 0.1) is 5.92 Å². The maximum atomic E-state index is 13.8. The number of Topliss-reactive ketones (excluding diaryl/α,β-unsaturated/α-hetero) is 1. The fourth-order valence-corrected chi connectivity index (χ4v) is 22.1. The van der Waals surface area contributed by atoms with E-state index in [4.69, 9.17) is 13.5 Å².